The molecule has 0 aliphatic heterocycles. The van der Waals surface area contributed by atoms with Crippen molar-refractivity contribution in [2.24, 2.45) is 35.2 Å². The molecule has 17 heteroatoms. The Hall–Kier alpha value is -6.39. The summed E-state index contributed by atoms with van der Waals surface area (Å²) >= 11 is 0. The summed E-state index contributed by atoms with van der Waals surface area (Å²) in [6.45, 7) is 1.84. The van der Waals surface area contributed by atoms with E-state index in [4.69, 9.17) is 0 Å². The SMILES string of the molecule is Cc1nc(NC(=O)c2cc(NC(=O)c3cc(NC(=O)CCNC(=O)c4nc(NC(=O)c5cccn5C)cn4C)cn3C)cn2C)cn1C. The van der Waals surface area contributed by atoms with Crippen LogP contribution in [0.15, 0.2) is 55.2 Å². The molecule has 48 heavy (non-hydrogen) atoms. The van der Waals surface area contributed by atoms with Crippen molar-refractivity contribution in [2.75, 3.05) is 27.8 Å². The fourth-order valence-electron chi connectivity index (χ4n) is 4.92. The number of rotatable bonds is 11. The number of carbonyl (C=O) groups excluding carboxylic acids is 5. The highest BCUT2D eigenvalue weighted by Gasteiger charge is 2.19. The molecule has 0 unspecified atom stereocenters. The molecule has 0 saturated heterocycles. The zero-order chi connectivity index (χ0) is 34.7. The first-order chi connectivity index (χ1) is 22.8. The summed E-state index contributed by atoms with van der Waals surface area (Å²) in [7, 11) is 8.53. The third kappa shape index (κ3) is 7.35. The zero-order valence-corrected chi connectivity index (χ0v) is 27.3. The Morgan fingerprint density at radius 2 is 1.19 bits per heavy atom. The number of nitrogens with one attached hydrogen (secondary N) is 5. The lowest BCUT2D eigenvalue weighted by atomic mass is 10.3. The normalized spacial score (nSPS) is 10.9. The van der Waals surface area contributed by atoms with Crippen LogP contribution >= 0.6 is 0 Å². The summed E-state index contributed by atoms with van der Waals surface area (Å²) in [4.78, 5) is 72.1. The molecule has 5 rings (SSSR count). The van der Waals surface area contributed by atoms with Crippen molar-refractivity contribution < 1.29 is 24.0 Å². The molecule has 0 fully saturated rings. The summed E-state index contributed by atoms with van der Waals surface area (Å²) in [5.74, 6) is -0.655. The molecule has 0 atom stereocenters. The quantitative estimate of drug-likeness (QED) is 0.143. The van der Waals surface area contributed by atoms with Gasteiger partial charge in [-0.3, -0.25) is 24.0 Å². The van der Waals surface area contributed by atoms with Gasteiger partial charge in [-0.1, -0.05) is 0 Å². The molecule has 0 aliphatic carbocycles. The molecule has 250 valence electrons. The number of anilines is 4. The highest BCUT2D eigenvalue weighted by atomic mass is 16.2. The van der Waals surface area contributed by atoms with Crippen molar-refractivity contribution in [2.45, 2.75) is 13.3 Å². The monoisotopic (exact) mass is 656 g/mol. The number of carbonyl (C=O) groups is 5. The van der Waals surface area contributed by atoms with Crippen LogP contribution < -0.4 is 26.6 Å². The van der Waals surface area contributed by atoms with Gasteiger partial charge >= 0.3 is 0 Å². The molecule has 5 N–H and O–H groups in total. The molecule has 5 amide bonds. The lowest BCUT2D eigenvalue weighted by Gasteiger charge is -2.05. The van der Waals surface area contributed by atoms with E-state index in [9.17, 15) is 24.0 Å². The summed E-state index contributed by atoms with van der Waals surface area (Å²) < 4.78 is 8.07. The predicted molar refractivity (Wildman–Crippen MR) is 177 cm³/mol. The van der Waals surface area contributed by atoms with Crippen LogP contribution in [0.2, 0.25) is 0 Å². The topological polar surface area (TPSA) is 196 Å². The summed E-state index contributed by atoms with van der Waals surface area (Å²) in [5, 5.41) is 13.6. The summed E-state index contributed by atoms with van der Waals surface area (Å²) in [6, 6.07) is 6.48. The Balaban J connectivity index is 1.10. The minimum absolute atomic E-state index is 0.0204. The van der Waals surface area contributed by atoms with Crippen molar-refractivity contribution >= 4 is 52.5 Å². The molecule has 5 heterocycles. The van der Waals surface area contributed by atoms with E-state index < -0.39 is 11.8 Å². The highest BCUT2D eigenvalue weighted by molar-refractivity contribution is 6.07. The van der Waals surface area contributed by atoms with Crippen LogP contribution in [0.5, 0.6) is 0 Å². The molecular weight excluding hydrogens is 620 g/mol. The smallest absolute Gasteiger partial charge is 0.287 e. The molecule has 0 aromatic carbocycles. The Bertz CT molecular complexity index is 2020. The molecule has 0 saturated carbocycles. The van der Waals surface area contributed by atoms with Crippen LogP contribution in [0.4, 0.5) is 23.0 Å². The average molecular weight is 657 g/mol. The minimum Gasteiger partial charge on any atom is -0.349 e. The van der Waals surface area contributed by atoms with Gasteiger partial charge in [-0.2, -0.15) is 0 Å². The number of hydrogen-bond donors (Lipinski definition) is 5. The number of nitrogens with zero attached hydrogens (tertiary/aromatic N) is 7. The van der Waals surface area contributed by atoms with E-state index in [-0.39, 0.29) is 48.0 Å². The number of imidazole rings is 2. The van der Waals surface area contributed by atoms with E-state index in [1.54, 1.807) is 89.4 Å². The van der Waals surface area contributed by atoms with Crippen LogP contribution in [0, 0.1) is 6.92 Å². The molecule has 17 nitrogen and oxygen atoms in total. The van der Waals surface area contributed by atoms with E-state index in [1.165, 1.54) is 16.8 Å². The first-order valence-corrected chi connectivity index (χ1v) is 14.8. The van der Waals surface area contributed by atoms with Gasteiger partial charge in [0.15, 0.2) is 11.6 Å². The van der Waals surface area contributed by atoms with Crippen LogP contribution in [-0.4, -0.2) is 68.9 Å². The van der Waals surface area contributed by atoms with E-state index in [1.807, 2.05) is 14.0 Å². The maximum absolute atomic E-state index is 13.1. The van der Waals surface area contributed by atoms with Crippen LogP contribution in [0.25, 0.3) is 0 Å². The van der Waals surface area contributed by atoms with E-state index in [2.05, 4.69) is 36.6 Å². The first kappa shape index (κ1) is 33.0. The predicted octanol–water partition coefficient (Wildman–Crippen LogP) is 1.99. The number of hydrogen-bond acceptors (Lipinski definition) is 7. The molecule has 0 spiro atoms. The van der Waals surface area contributed by atoms with Crippen LogP contribution in [0.1, 0.15) is 54.3 Å². The Kier molecular flexibility index (Phi) is 9.30. The van der Waals surface area contributed by atoms with Crippen molar-refractivity contribution in [3.05, 3.63) is 84.0 Å². The fourth-order valence-corrected chi connectivity index (χ4v) is 4.92. The van der Waals surface area contributed by atoms with Gasteiger partial charge in [-0.05, 0) is 31.2 Å². The second-order valence-electron chi connectivity index (χ2n) is 11.2. The minimum atomic E-state index is -0.517. The Labute approximate surface area is 274 Å². The standard InChI is InChI=1S/C31H36N12O5/c1-18-33-24(16-40(18)3)37-30(47)23-13-20(15-42(23)5)35-29(46)22-12-19(14-41(22)4)34-26(44)9-10-32-31(48)27-36-25(17-43(27)6)38-28(45)21-8-7-11-39(21)2/h7-8,11-17H,9-10H2,1-6H3,(H,32,48)(H,34,44)(H,35,46)(H,37,47)(H,38,45). The van der Waals surface area contributed by atoms with E-state index in [0.29, 0.717) is 28.6 Å². The first-order valence-electron chi connectivity index (χ1n) is 14.8. The van der Waals surface area contributed by atoms with Crippen molar-refractivity contribution in [3.8, 4) is 0 Å². The summed E-state index contributed by atoms with van der Waals surface area (Å²) in [6.07, 6.45) is 8.12. The van der Waals surface area contributed by atoms with Gasteiger partial charge in [0.05, 0.1) is 11.4 Å². The van der Waals surface area contributed by atoms with Gasteiger partial charge in [-0.15, -0.1) is 0 Å². The second-order valence-corrected chi connectivity index (χ2v) is 11.2. The molecule has 0 bridgehead atoms. The maximum atomic E-state index is 13.1. The largest absolute Gasteiger partial charge is 0.349 e. The molecular formula is C31H36N12O5. The Morgan fingerprint density at radius 3 is 1.77 bits per heavy atom. The maximum Gasteiger partial charge on any atom is 0.287 e. The molecule has 0 radical (unpaired) electrons. The van der Waals surface area contributed by atoms with Crippen molar-refractivity contribution in [3.63, 3.8) is 0 Å². The Morgan fingerprint density at radius 1 is 0.625 bits per heavy atom. The zero-order valence-electron chi connectivity index (χ0n) is 27.3. The number of aryl methyl sites for hydroxylation is 6. The molecule has 0 aliphatic rings. The van der Waals surface area contributed by atoms with Crippen molar-refractivity contribution in [1.82, 2.24) is 38.1 Å². The summed E-state index contributed by atoms with van der Waals surface area (Å²) in [5.41, 5.74) is 1.82. The van der Waals surface area contributed by atoms with Crippen molar-refractivity contribution in [1.29, 1.82) is 0 Å². The molecule has 5 aromatic rings. The van der Waals surface area contributed by atoms with Gasteiger partial charge in [0.1, 0.15) is 22.9 Å². The lowest BCUT2D eigenvalue weighted by molar-refractivity contribution is -0.116. The number of aromatic nitrogens is 7. The van der Waals surface area contributed by atoms with E-state index >= 15 is 0 Å². The second kappa shape index (κ2) is 13.5. The van der Waals surface area contributed by atoms with Gasteiger partial charge in [0, 0.05) is 79.2 Å². The van der Waals surface area contributed by atoms with Gasteiger partial charge < -0.3 is 49.4 Å². The third-order valence-electron chi connectivity index (χ3n) is 7.50. The van der Waals surface area contributed by atoms with Crippen LogP contribution in [0.3, 0.4) is 0 Å². The van der Waals surface area contributed by atoms with Gasteiger partial charge in [0.2, 0.25) is 11.7 Å². The van der Waals surface area contributed by atoms with Crippen LogP contribution in [-0.2, 0) is 40.0 Å². The fraction of sp³-hybridized carbons (Fsp3) is 0.258. The average Bonchev–Trinajstić information content (AvgIpc) is 3.83. The number of amides is 5. The molecule has 5 aromatic heterocycles. The highest BCUT2D eigenvalue weighted by Crippen LogP contribution is 2.19. The lowest BCUT2D eigenvalue weighted by Crippen LogP contribution is -2.29. The van der Waals surface area contributed by atoms with E-state index in [0.717, 1.165) is 5.82 Å². The van der Waals surface area contributed by atoms with Gasteiger partial charge in [0.25, 0.3) is 23.6 Å². The van der Waals surface area contributed by atoms with Gasteiger partial charge in [-0.25, -0.2) is 9.97 Å². The third-order valence-corrected chi connectivity index (χ3v) is 7.50.